The van der Waals surface area contributed by atoms with Gasteiger partial charge >= 0.3 is 0 Å². The molecule has 0 aliphatic carbocycles. The molecule has 3 heterocycles. The lowest BCUT2D eigenvalue weighted by molar-refractivity contribution is -0.118. The fourth-order valence-electron chi connectivity index (χ4n) is 2.56. The van der Waals surface area contributed by atoms with Gasteiger partial charge in [0.25, 0.3) is 5.56 Å². The summed E-state index contributed by atoms with van der Waals surface area (Å²) in [6.07, 6.45) is 5.22. The van der Waals surface area contributed by atoms with Gasteiger partial charge in [-0.25, -0.2) is 10.4 Å². The molecule has 22 heavy (non-hydrogen) atoms. The average molecular weight is 299 g/mol. The van der Waals surface area contributed by atoms with Gasteiger partial charge in [-0.1, -0.05) is 6.07 Å². The fraction of sp³-hybridized carbons (Fsp3) is 0.333. The van der Waals surface area contributed by atoms with Crippen LogP contribution in [-0.4, -0.2) is 34.6 Å². The van der Waals surface area contributed by atoms with Crippen molar-refractivity contribution in [2.45, 2.75) is 19.8 Å². The molecule has 0 radical (unpaired) electrons. The molecule has 1 N–H and O–H groups in total. The number of hydrogen-bond donors (Lipinski definition) is 1. The van der Waals surface area contributed by atoms with E-state index in [0.29, 0.717) is 17.0 Å². The molecule has 0 saturated carbocycles. The molecular formula is C15H17N5O2. The predicted octanol–water partition coefficient (Wildman–Crippen LogP) is 0.765. The van der Waals surface area contributed by atoms with Gasteiger partial charge in [0.15, 0.2) is 0 Å². The first kappa shape index (κ1) is 14.2. The molecule has 2 aromatic heterocycles. The largest absolute Gasteiger partial charge is 0.356 e. The van der Waals surface area contributed by atoms with Crippen LogP contribution >= 0.6 is 0 Å². The van der Waals surface area contributed by atoms with E-state index in [1.807, 2.05) is 6.07 Å². The molecule has 0 atom stereocenters. The van der Waals surface area contributed by atoms with E-state index in [1.165, 1.54) is 17.5 Å². The van der Waals surface area contributed by atoms with Gasteiger partial charge in [-0.05, 0) is 25.0 Å². The Balaban J connectivity index is 2.14. The minimum Gasteiger partial charge on any atom is -0.356 e. The second-order valence-corrected chi connectivity index (χ2v) is 5.20. The number of carbonyl (C=O) groups excluding carboxylic acids is 1. The molecule has 1 aliphatic heterocycles. The SMILES string of the molecule is CC(=O)N/N=C/c1c(N2CCCC2)nc2ccccn2c1=O. The highest BCUT2D eigenvalue weighted by atomic mass is 16.2. The Morgan fingerprint density at radius 3 is 2.86 bits per heavy atom. The highest BCUT2D eigenvalue weighted by molar-refractivity contribution is 5.87. The second kappa shape index (κ2) is 5.97. The molecule has 0 aromatic carbocycles. The Hall–Kier alpha value is -2.70. The average Bonchev–Trinajstić information content (AvgIpc) is 3.03. The summed E-state index contributed by atoms with van der Waals surface area (Å²) in [4.78, 5) is 30.3. The third kappa shape index (κ3) is 2.69. The van der Waals surface area contributed by atoms with Gasteiger partial charge in [0.1, 0.15) is 17.0 Å². The predicted molar refractivity (Wildman–Crippen MR) is 84.3 cm³/mol. The second-order valence-electron chi connectivity index (χ2n) is 5.20. The highest BCUT2D eigenvalue weighted by Crippen LogP contribution is 2.20. The first-order valence-corrected chi connectivity index (χ1v) is 7.23. The minimum absolute atomic E-state index is 0.193. The van der Waals surface area contributed by atoms with Crippen molar-refractivity contribution in [3.63, 3.8) is 0 Å². The number of pyridine rings is 1. The molecule has 3 rings (SSSR count). The zero-order valence-electron chi connectivity index (χ0n) is 12.3. The molecule has 1 amide bonds. The van der Waals surface area contributed by atoms with Crippen molar-refractivity contribution in [1.29, 1.82) is 0 Å². The number of hydrogen-bond acceptors (Lipinski definition) is 5. The van der Waals surface area contributed by atoms with Crippen LogP contribution < -0.4 is 15.9 Å². The molecule has 7 heteroatoms. The van der Waals surface area contributed by atoms with Gasteiger partial charge in [-0.15, -0.1) is 0 Å². The number of rotatable bonds is 3. The van der Waals surface area contributed by atoms with E-state index in [4.69, 9.17) is 0 Å². The Kier molecular flexibility index (Phi) is 3.86. The summed E-state index contributed by atoms with van der Waals surface area (Å²) < 4.78 is 1.48. The lowest BCUT2D eigenvalue weighted by Crippen LogP contribution is -2.28. The summed E-state index contributed by atoms with van der Waals surface area (Å²) in [7, 11) is 0. The maximum Gasteiger partial charge on any atom is 0.268 e. The van der Waals surface area contributed by atoms with Crippen molar-refractivity contribution in [2.24, 2.45) is 5.10 Å². The summed E-state index contributed by atoms with van der Waals surface area (Å²) in [6.45, 7) is 3.11. The molecular weight excluding hydrogens is 282 g/mol. The lowest BCUT2D eigenvalue weighted by atomic mass is 10.3. The van der Waals surface area contributed by atoms with Gasteiger partial charge in [-0.3, -0.25) is 14.0 Å². The Bertz CT molecular complexity index is 790. The maximum absolute atomic E-state index is 12.7. The number of hydrazone groups is 1. The highest BCUT2D eigenvalue weighted by Gasteiger charge is 2.20. The van der Waals surface area contributed by atoms with Crippen molar-refractivity contribution >= 4 is 23.6 Å². The van der Waals surface area contributed by atoms with Crippen LogP contribution in [0, 0.1) is 0 Å². The van der Waals surface area contributed by atoms with E-state index in [9.17, 15) is 9.59 Å². The number of fused-ring (bicyclic) bond motifs is 1. The molecule has 1 saturated heterocycles. The molecule has 0 bridgehead atoms. The zero-order valence-corrected chi connectivity index (χ0v) is 12.3. The number of nitrogens with one attached hydrogen (secondary N) is 1. The van der Waals surface area contributed by atoms with Gasteiger partial charge in [0.05, 0.1) is 6.21 Å². The lowest BCUT2D eigenvalue weighted by Gasteiger charge is -2.18. The topological polar surface area (TPSA) is 79.1 Å². The number of anilines is 1. The number of amides is 1. The number of carbonyl (C=O) groups is 1. The first-order valence-electron chi connectivity index (χ1n) is 7.23. The maximum atomic E-state index is 12.7. The molecule has 0 unspecified atom stereocenters. The smallest absolute Gasteiger partial charge is 0.268 e. The van der Waals surface area contributed by atoms with E-state index in [1.54, 1.807) is 18.3 Å². The van der Waals surface area contributed by atoms with Crippen molar-refractivity contribution in [2.75, 3.05) is 18.0 Å². The van der Waals surface area contributed by atoms with E-state index < -0.39 is 0 Å². The van der Waals surface area contributed by atoms with Gasteiger partial charge in [-0.2, -0.15) is 5.10 Å². The first-order chi connectivity index (χ1) is 10.7. The third-order valence-corrected chi connectivity index (χ3v) is 3.57. The Morgan fingerprint density at radius 1 is 1.36 bits per heavy atom. The molecule has 114 valence electrons. The van der Waals surface area contributed by atoms with Crippen molar-refractivity contribution in [3.8, 4) is 0 Å². The van der Waals surface area contributed by atoms with Crippen LogP contribution in [0.25, 0.3) is 5.65 Å². The van der Waals surface area contributed by atoms with Crippen molar-refractivity contribution in [3.05, 3.63) is 40.3 Å². The van der Waals surface area contributed by atoms with E-state index >= 15 is 0 Å². The normalized spacial score (nSPS) is 14.9. The fourth-order valence-corrected chi connectivity index (χ4v) is 2.56. The summed E-state index contributed by atoms with van der Waals surface area (Å²) in [6, 6.07) is 5.43. The summed E-state index contributed by atoms with van der Waals surface area (Å²) in [5.74, 6) is 0.343. The van der Waals surface area contributed by atoms with E-state index in [-0.39, 0.29) is 11.5 Å². The van der Waals surface area contributed by atoms with Crippen LogP contribution in [0.3, 0.4) is 0 Å². The zero-order chi connectivity index (χ0) is 15.5. The molecule has 1 fully saturated rings. The minimum atomic E-state index is -0.284. The van der Waals surface area contributed by atoms with Crippen LogP contribution in [0.5, 0.6) is 0 Å². The van der Waals surface area contributed by atoms with Crippen LogP contribution in [-0.2, 0) is 4.79 Å². The molecule has 0 spiro atoms. The number of nitrogens with zero attached hydrogens (tertiary/aromatic N) is 4. The number of aromatic nitrogens is 2. The van der Waals surface area contributed by atoms with Crippen molar-refractivity contribution in [1.82, 2.24) is 14.8 Å². The summed E-state index contributed by atoms with van der Waals surface area (Å²) >= 11 is 0. The van der Waals surface area contributed by atoms with Crippen LogP contribution in [0.4, 0.5) is 5.82 Å². The quantitative estimate of drug-likeness (QED) is 0.670. The van der Waals surface area contributed by atoms with Crippen LogP contribution in [0.15, 0.2) is 34.3 Å². The molecule has 2 aromatic rings. The standard InChI is InChI=1S/C15H17N5O2/c1-11(21)18-16-10-12-14(19-7-4-5-8-19)17-13-6-2-3-9-20(13)15(12)22/h2-3,6,9-10H,4-5,7-8H2,1H3,(H,18,21)/b16-10+. The Morgan fingerprint density at radius 2 is 2.14 bits per heavy atom. The van der Waals surface area contributed by atoms with E-state index in [0.717, 1.165) is 25.9 Å². The van der Waals surface area contributed by atoms with E-state index in [2.05, 4.69) is 20.4 Å². The monoisotopic (exact) mass is 299 g/mol. The van der Waals surface area contributed by atoms with Crippen molar-refractivity contribution < 1.29 is 4.79 Å². The Labute approximate surface area is 127 Å². The van der Waals surface area contributed by atoms with Crippen LogP contribution in [0.2, 0.25) is 0 Å². The van der Waals surface area contributed by atoms with Gasteiger partial charge in [0, 0.05) is 26.2 Å². The summed E-state index contributed by atoms with van der Waals surface area (Å²) in [5, 5.41) is 3.84. The molecule has 1 aliphatic rings. The molecule has 7 nitrogen and oxygen atoms in total. The third-order valence-electron chi connectivity index (χ3n) is 3.57. The summed E-state index contributed by atoms with van der Waals surface area (Å²) in [5.41, 5.74) is 3.12. The van der Waals surface area contributed by atoms with Crippen LogP contribution in [0.1, 0.15) is 25.3 Å². The van der Waals surface area contributed by atoms with Gasteiger partial charge < -0.3 is 4.90 Å². The van der Waals surface area contributed by atoms with Gasteiger partial charge in [0.2, 0.25) is 5.91 Å².